The fourth-order valence-electron chi connectivity index (χ4n) is 1.75. The largest absolute Gasteiger partial charge is 0.507 e. The van der Waals surface area contributed by atoms with Crippen molar-refractivity contribution in [2.45, 2.75) is 6.92 Å². The summed E-state index contributed by atoms with van der Waals surface area (Å²) in [6.45, 7) is 1.94. The average molecular weight is 336 g/mol. The highest BCUT2D eigenvalue weighted by atomic mass is 79.9. The number of hydrogen-bond donors (Lipinski definition) is 2. The highest BCUT2D eigenvalue weighted by Gasteiger charge is 2.13. The molecule has 5 heteroatoms. The van der Waals surface area contributed by atoms with Crippen LogP contribution in [0.4, 0.5) is 5.69 Å². The monoisotopic (exact) mass is 335 g/mol. The van der Waals surface area contributed by atoms with Crippen molar-refractivity contribution in [3.8, 4) is 11.5 Å². The maximum atomic E-state index is 12.2. The zero-order valence-electron chi connectivity index (χ0n) is 11.1. The molecule has 2 N–H and O–H groups in total. The van der Waals surface area contributed by atoms with E-state index in [9.17, 15) is 9.90 Å². The number of amides is 1. The molecule has 0 aliphatic rings. The third-order valence-corrected chi connectivity index (χ3v) is 3.51. The van der Waals surface area contributed by atoms with Crippen LogP contribution in [-0.2, 0) is 0 Å². The summed E-state index contributed by atoms with van der Waals surface area (Å²) >= 11 is 3.38. The Bertz CT molecular complexity index is 656. The van der Waals surface area contributed by atoms with E-state index >= 15 is 0 Å². The number of methoxy groups -OCH3 is 1. The fraction of sp³-hybridized carbons (Fsp3) is 0.133. The Morgan fingerprint density at radius 1 is 1.25 bits per heavy atom. The van der Waals surface area contributed by atoms with Gasteiger partial charge in [-0.1, -0.05) is 6.07 Å². The first-order valence-corrected chi connectivity index (χ1v) is 6.75. The van der Waals surface area contributed by atoms with Crippen LogP contribution in [0.5, 0.6) is 11.5 Å². The number of ether oxygens (including phenoxy) is 1. The second-order valence-electron chi connectivity index (χ2n) is 4.32. The SMILES string of the molecule is COc1ccc(C(=O)Nc2cc(C)ccc2Br)c(O)c1. The predicted molar refractivity (Wildman–Crippen MR) is 81.5 cm³/mol. The number of hydrogen-bond acceptors (Lipinski definition) is 3. The van der Waals surface area contributed by atoms with E-state index in [1.165, 1.54) is 19.2 Å². The molecule has 2 aromatic rings. The minimum Gasteiger partial charge on any atom is -0.507 e. The molecule has 0 saturated carbocycles. The molecule has 20 heavy (non-hydrogen) atoms. The van der Waals surface area contributed by atoms with Crippen molar-refractivity contribution in [2.75, 3.05) is 12.4 Å². The van der Waals surface area contributed by atoms with Gasteiger partial charge in [0.1, 0.15) is 11.5 Å². The maximum Gasteiger partial charge on any atom is 0.259 e. The third kappa shape index (κ3) is 3.11. The second kappa shape index (κ2) is 5.96. The van der Waals surface area contributed by atoms with Crippen LogP contribution in [0.1, 0.15) is 15.9 Å². The first kappa shape index (κ1) is 14.4. The maximum absolute atomic E-state index is 12.2. The zero-order valence-corrected chi connectivity index (χ0v) is 12.7. The number of aromatic hydroxyl groups is 1. The first-order valence-electron chi connectivity index (χ1n) is 5.96. The molecule has 2 aromatic carbocycles. The zero-order chi connectivity index (χ0) is 14.7. The minimum atomic E-state index is -0.378. The summed E-state index contributed by atoms with van der Waals surface area (Å²) in [7, 11) is 1.50. The molecule has 0 spiro atoms. The van der Waals surface area contributed by atoms with Crippen molar-refractivity contribution >= 4 is 27.5 Å². The summed E-state index contributed by atoms with van der Waals surface area (Å²) in [6, 6.07) is 10.2. The number of carbonyl (C=O) groups excluding carboxylic acids is 1. The highest BCUT2D eigenvalue weighted by molar-refractivity contribution is 9.10. The van der Waals surface area contributed by atoms with Gasteiger partial charge < -0.3 is 15.2 Å². The molecule has 0 heterocycles. The molecule has 4 nitrogen and oxygen atoms in total. The van der Waals surface area contributed by atoms with Crippen LogP contribution >= 0.6 is 15.9 Å². The van der Waals surface area contributed by atoms with E-state index in [4.69, 9.17) is 4.74 Å². The summed E-state index contributed by atoms with van der Waals surface area (Å²) < 4.78 is 5.77. The van der Waals surface area contributed by atoms with Gasteiger partial charge in [-0.25, -0.2) is 0 Å². The van der Waals surface area contributed by atoms with E-state index in [0.717, 1.165) is 10.0 Å². The Kier molecular flexibility index (Phi) is 4.29. The van der Waals surface area contributed by atoms with Crippen LogP contribution in [0.25, 0.3) is 0 Å². The van der Waals surface area contributed by atoms with Crippen LogP contribution in [0, 0.1) is 6.92 Å². The van der Waals surface area contributed by atoms with Gasteiger partial charge >= 0.3 is 0 Å². The van der Waals surface area contributed by atoms with Crippen LogP contribution in [0.15, 0.2) is 40.9 Å². The molecule has 0 fully saturated rings. The normalized spacial score (nSPS) is 10.2. The number of halogens is 1. The number of aryl methyl sites for hydroxylation is 1. The summed E-state index contributed by atoms with van der Waals surface area (Å²) in [5.41, 5.74) is 1.88. The van der Waals surface area contributed by atoms with Crippen LogP contribution in [0.2, 0.25) is 0 Å². The Morgan fingerprint density at radius 3 is 2.65 bits per heavy atom. The lowest BCUT2D eigenvalue weighted by atomic mass is 10.1. The lowest BCUT2D eigenvalue weighted by Crippen LogP contribution is -2.12. The fourth-order valence-corrected chi connectivity index (χ4v) is 2.10. The van der Waals surface area contributed by atoms with Gasteiger partial charge in [0.2, 0.25) is 0 Å². The van der Waals surface area contributed by atoms with Gasteiger partial charge in [0.15, 0.2) is 0 Å². The average Bonchev–Trinajstić information content (AvgIpc) is 2.42. The molecule has 0 aliphatic carbocycles. The van der Waals surface area contributed by atoms with E-state index in [1.54, 1.807) is 6.07 Å². The van der Waals surface area contributed by atoms with Crippen molar-refractivity contribution in [1.82, 2.24) is 0 Å². The number of nitrogens with one attached hydrogen (secondary N) is 1. The molecule has 0 bridgehead atoms. The molecule has 0 aromatic heterocycles. The Morgan fingerprint density at radius 2 is 2.00 bits per heavy atom. The smallest absolute Gasteiger partial charge is 0.259 e. The van der Waals surface area contributed by atoms with Gasteiger partial charge in [-0.15, -0.1) is 0 Å². The third-order valence-electron chi connectivity index (χ3n) is 2.82. The molecule has 0 radical (unpaired) electrons. The number of rotatable bonds is 3. The first-order chi connectivity index (χ1) is 9.51. The van der Waals surface area contributed by atoms with Gasteiger partial charge in [0, 0.05) is 10.5 Å². The van der Waals surface area contributed by atoms with Crippen molar-refractivity contribution in [1.29, 1.82) is 0 Å². The Hall–Kier alpha value is -2.01. The molecule has 0 unspecified atom stereocenters. The molecular weight excluding hydrogens is 322 g/mol. The van der Waals surface area contributed by atoms with Crippen molar-refractivity contribution < 1.29 is 14.6 Å². The second-order valence-corrected chi connectivity index (χ2v) is 5.17. The number of benzene rings is 2. The molecule has 1 amide bonds. The lowest BCUT2D eigenvalue weighted by Gasteiger charge is -2.10. The van der Waals surface area contributed by atoms with Crippen LogP contribution in [0.3, 0.4) is 0 Å². The van der Waals surface area contributed by atoms with E-state index in [2.05, 4.69) is 21.2 Å². The van der Waals surface area contributed by atoms with Crippen LogP contribution in [-0.4, -0.2) is 18.1 Å². The summed E-state index contributed by atoms with van der Waals surface area (Å²) in [4.78, 5) is 12.2. The van der Waals surface area contributed by atoms with Gasteiger partial charge in [-0.05, 0) is 52.7 Å². The summed E-state index contributed by atoms with van der Waals surface area (Å²) in [6.07, 6.45) is 0. The van der Waals surface area contributed by atoms with Crippen LogP contribution < -0.4 is 10.1 Å². The van der Waals surface area contributed by atoms with E-state index in [-0.39, 0.29) is 17.2 Å². The van der Waals surface area contributed by atoms with Gasteiger partial charge in [0.25, 0.3) is 5.91 Å². The van der Waals surface area contributed by atoms with Gasteiger partial charge in [0.05, 0.1) is 18.4 Å². The van der Waals surface area contributed by atoms with E-state index < -0.39 is 0 Å². The lowest BCUT2D eigenvalue weighted by molar-refractivity contribution is 0.102. The number of anilines is 1. The summed E-state index contributed by atoms with van der Waals surface area (Å²) in [5.74, 6) is -0.00198. The predicted octanol–water partition coefficient (Wildman–Crippen LogP) is 3.72. The van der Waals surface area contributed by atoms with E-state index in [0.29, 0.717) is 11.4 Å². The molecular formula is C15H14BrNO3. The Balaban J connectivity index is 2.26. The standard InChI is InChI=1S/C15H14BrNO3/c1-9-3-6-12(16)13(7-9)17-15(19)11-5-4-10(20-2)8-14(11)18/h3-8,18H,1-2H3,(H,17,19). The molecule has 0 aliphatic heterocycles. The molecule has 0 saturated heterocycles. The van der Waals surface area contributed by atoms with Crippen molar-refractivity contribution in [3.05, 3.63) is 52.0 Å². The molecule has 2 rings (SSSR count). The van der Waals surface area contributed by atoms with Crippen molar-refractivity contribution in [3.63, 3.8) is 0 Å². The topological polar surface area (TPSA) is 58.6 Å². The minimum absolute atomic E-state index is 0.120. The summed E-state index contributed by atoms with van der Waals surface area (Å²) in [5, 5.41) is 12.6. The molecule has 104 valence electrons. The number of carbonyl (C=O) groups is 1. The number of phenols is 1. The van der Waals surface area contributed by atoms with Gasteiger partial charge in [-0.3, -0.25) is 4.79 Å². The highest BCUT2D eigenvalue weighted by Crippen LogP contribution is 2.27. The van der Waals surface area contributed by atoms with E-state index in [1.807, 2.05) is 25.1 Å². The van der Waals surface area contributed by atoms with Crippen molar-refractivity contribution in [2.24, 2.45) is 0 Å². The molecule has 0 atom stereocenters. The Labute approximate surface area is 125 Å². The van der Waals surface area contributed by atoms with Gasteiger partial charge in [-0.2, -0.15) is 0 Å². The number of phenolic OH excluding ortho intramolecular Hbond substituents is 1. The quantitative estimate of drug-likeness (QED) is 0.898.